The summed E-state index contributed by atoms with van der Waals surface area (Å²) < 4.78 is 101. The number of rotatable bonds is 25. The summed E-state index contributed by atoms with van der Waals surface area (Å²) in [5.41, 5.74) is 18.7. The van der Waals surface area contributed by atoms with E-state index in [4.69, 9.17) is 94.5 Å². The van der Waals surface area contributed by atoms with Gasteiger partial charge in [0.2, 0.25) is 0 Å². The standard InChI is InChI=1S/C21H36N5O7P.C21H36N5O6PS.C21H35N5O4/c1-20(2,3)10-13-15(32-34(27,28)33-21(4,5)6)16(30-9-8-29-7)19(31-13)26-12-25-14-17(22)23-11-24-18(14)26;1-20(2,3)10-13-15(31-33(27,34)32-21(4,5)6)16(29-9-8-28-7)19(30-13)26-12-25-14-17(22)23-11-24-18(14)26;1-20(2,3)10-13-15(30-21(4,5)6)16(28-9-8-27-7)19(29-13)26-12-25-14-17(22)23-11-24-18(14)26/h11-13,15-16,19H,8-10H2,1-7H3,(H,27,28)(H2,22,23,24);11-13,15-16,19H,8-10H2,1-7H3,(H,27,34)(H2,22,23,24);11-13,15-16,19H,8-10H2,1-7H3,(H2,22,23,24)/t13-,15+,16?,19-;13-,15+,16?,19-,33?;13-,15+,16?,19-/m111/s1. The molecule has 0 saturated carbocycles. The number of ether oxygens (including phenoxy) is 10. The van der Waals surface area contributed by atoms with Crippen molar-refractivity contribution in [3.63, 3.8) is 0 Å². The van der Waals surface area contributed by atoms with Crippen molar-refractivity contribution >= 4 is 77.3 Å². The van der Waals surface area contributed by atoms with Crippen LogP contribution in [-0.2, 0) is 81.8 Å². The lowest BCUT2D eigenvalue weighted by Gasteiger charge is -2.33. The summed E-state index contributed by atoms with van der Waals surface area (Å²) in [4.78, 5) is 59.6. The average molecular weight is 1440 g/mol. The Morgan fingerprint density at radius 3 is 1.04 bits per heavy atom. The zero-order valence-corrected chi connectivity index (χ0v) is 63.3. The summed E-state index contributed by atoms with van der Waals surface area (Å²) in [6, 6.07) is 0. The number of aromatic nitrogens is 12. The van der Waals surface area contributed by atoms with E-state index < -0.39 is 81.1 Å². The first-order chi connectivity index (χ1) is 45.4. The van der Waals surface area contributed by atoms with Gasteiger partial charge in [0.1, 0.15) is 72.2 Å². The van der Waals surface area contributed by atoms with E-state index >= 15 is 0 Å². The summed E-state index contributed by atoms with van der Waals surface area (Å²) in [5.74, 6) is 0.834. The zero-order chi connectivity index (χ0) is 72.7. The predicted octanol–water partition coefficient (Wildman–Crippen LogP) is 9.22. The van der Waals surface area contributed by atoms with Crippen molar-refractivity contribution in [2.75, 3.05) is 78.2 Å². The first kappa shape index (κ1) is 80.6. The third kappa shape index (κ3) is 22.6. The van der Waals surface area contributed by atoms with E-state index in [1.165, 1.54) is 25.3 Å². The third-order valence-electron chi connectivity index (χ3n) is 14.9. The van der Waals surface area contributed by atoms with E-state index in [1.54, 1.807) is 63.9 Å². The van der Waals surface area contributed by atoms with E-state index in [2.05, 4.69) is 86.4 Å². The zero-order valence-electron chi connectivity index (χ0n) is 60.7. The Balaban J connectivity index is 0.000000207. The van der Waals surface area contributed by atoms with Gasteiger partial charge in [-0.1, -0.05) is 62.3 Å². The summed E-state index contributed by atoms with van der Waals surface area (Å²) in [5, 5.41) is 0. The van der Waals surface area contributed by atoms with Gasteiger partial charge >= 0.3 is 14.5 Å². The van der Waals surface area contributed by atoms with E-state index in [0.29, 0.717) is 78.6 Å². The van der Waals surface area contributed by atoms with Gasteiger partial charge in [0, 0.05) is 21.3 Å². The largest absolute Gasteiger partial charge is 0.473 e. The van der Waals surface area contributed by atoms with E-state index in [9.17, 15) is 14.4 Å². The maximum Gasteiger partial charge on any atom is 0.473 e. The number of hydrogen-bond donors (Lipinski definition) is 5. The summed E-state index contributed by atoms with van der Waals surface area (Å²) in [7, 11) is 0.343. The van der Waals surface area contributed by atoms with Gasteiger partial charge in [-0.25, -0.2) is 49.4 Å². The molecule has 5 unspecified atom stereocenters. The molecule has 9 heterocycles. The van der Waals surface area contributed by atoms with Crippen LogP contribution in [0.15, 0.2) is 38.0 Å². The molecule has 0 aliphatic carbocycles. The van der Waals surface area contributed by atoms with Crippen molar-refractivity contribution in [2.24, 2.45) is 16.2 Å². The van der Waals surface area contributed by atoms with Gasteiger partial charge in [0.05, 0.1) is 93.7 Å². The molecule has 32 nitrogen and oxygen atoms in total. The number of nitrogens with zero attached hydrogens (tertiary/aromatic N) is 12. The van der Waals surface area contributed by atoms with Gasteiger partial charge in [0.15, 0.2) is 53.1 Å². The maximum atomic E-state index is 12.9. The molecule has 9 rings (SSSR count). The molecule has 6 aromatic rings. The highest BCUT2D eigenvalue weighted by Gasteiger charge is 2.54. The van der Waals surface area contributed by atoms with Gasteiger partial charge in [-0.05, 0) is 110 Å². The smallest absolute Gasteiger partial charge is 0.382 e. The number of phosphoric acid groups is 1. The van der Waals surface area contributed by atoms with Crippen LogP contribution in [0.5, 0.6) is 0 Å². The second-order valence-electron chi connectivity index (χ2n) is 30.9. The fraction of sp³-hybridized carbons (Fsp3) is 0.762. The monoisotopic (exact) mass is 1440 g/mol. The van der Waals surface area contributed by atoms with Crippen molar-refractivity contribution in [1.29, 1.82) is 0 Å². The lowest BCUT2D eigenvalue weighted by atomic mass is 9.87. The van der Waals surface area contributed by atoms with Gasteiger partial charge in [-0.15, -0.1) is 0 Å². The van der Waals surface area contributed by atoms with E-state index in [1.807, 2.05) is 66.9 Å². The first-order valence-electron chi connectivity index (χ1n) is 32.6. The molecule has 14 atom stereocenters. The SMILES string of the molecule is COCCOC1[C@@H](OC(C)(C)C)[C@@H](CC(C)(C)C)O[C@H]1n1cnc2c(N)ncnc21.COCCOC1[C@@H](OP(=O)(O)OC(C)(C)C)[C@@H](CC(C)(C)C)O[C@H]1n1cnc2c(N)ncnc21.COCCOC1[C@@H](OP(O)(=S)OC(C)(C)C)[C@@H](CC(C)(C)C)O[C@H]1n1cnc2c(N)ncnc21. The minimum atomic E-state index is -4.46. The molecular weight excluding hydrogens is 1330 g/mol. The fourth-order valence-corrected chi connectivity index (χ4v) is 15.0. The van der Waals surface area contributed by atoms with Crippen molar-refractivity contribution in [3.8, 4) is 0 Å². The van der Waals surface area contributed by atoms with Gasteiger partial charge < -0.3 is 78.9 Å². The predicted molar refractivity (Wildman–Crippen MR) is 370 cm³/mol. The molecule has 0 spiro atoms. The molecule has 6 aromatic heterocycles. The lowest BCUT2D eigenvalue weighted by Crippen LogP contribution is -2.43. The normalized spacial score (nSPS) is 25.5. The van der Waals surface area contributed by atoms with Crippen LogP contribution in [0.4, 0.5) is 17.5 Å². The van der Waals surface area contributed by atoms with Gasteiger partial charge in [-0.2, -0.15) is 0 Å². The van der Waals surface area contributed by atoms with Crippen molar-refractivity contribution < 1.29 is 79.8 Å². The molecule has 3 saturated heterocycles. The lowest BCUT2D eigenvalue weighted by molar-refractivity contribution is -0.134. The summed E-state index contributed by atoms with van der Waals surface area (Å²) >= 11 is 5.37. The molecule has 3 aliphatic rings. The number of phosphoric ester groups is 1. The highest BCUT2D eigenvalue weighted by Crippen LogP contribution is 2.55. The molecule has 98 heavy (non-hydrogen) atoms. The molecule has 0 radical (unpaired) electrons. The molecule has 0 amide bonds. The molecular formula is C63H107N15O17P2S. The van der Waals surface area contributed by atoms with Crippen LogP contribution >= 0.6 is 14.5 Å². The highest BCUT2D eigenvalue weighted by molar-refractivity contribution is 8.07. The van der Waals surface area contributed by atoms with Crippen molar-refractivity contribution in [2.45, 2.75) is 234 Å². The Morgan fingerprint density at radius 2 is 0.745 bits per heavy atom. The molecule has 0 aromatic carbocycles. The molecule has 35 heteroatoms. The van der Waals surface area contributed by atoms with Crippen LogP contribution in [0.2, 0.25) is 0 Å². The average Bonchev–Trinajstić information content (AvgIpc) is 1.62. The first-order valence-corrected chi connectivity index (χ1v) is 36.7. The van der Waals surface area contributed by atoms with Crippen LogP contribution < -0.4 is 17.2 Å². The van der Waals surface area contributed by atoms with Crippen LogP contribution in [0.25, 0.3) is 33.5 Å². The van der Waals surface area contributed by atoms with E-state index in [0.717, 1.165) is 6.42 Å². The maximum absolute atomic E-state index is 12.9. The van der Waals surface area contributed by atoms with Gasteiger partial charge in [0.25, 0.3) is 0 Å². The molecule has 3 fully saturated rings. The van der Waals surface area contributed by atoms with E-state index in [-0.39, 0.29) is 65.0 Å². The highest BCUT2D eigenvalue weighted by atomic mass is 32.5. The number of nitrogens with two attached hydrogens (primary N) is 3. The molecule has 0 bridgehead atoms. The number of methoxy groups -OCH3 is 3. The number of anilines is 3. The number of imidazole rings is 3. The second kappa shape index (κ2) is 32.7. The minimum Gasteiger partial charge on any atom is -0.382 e. The second-order valence-corrected chi connectivity index (χ2v) is 34.9. The Hall–Kier alpha value is -4.71. The Bertz CT molecular complexity index is 3460. The number of nitrogen functional groups attached to an aromatic ring is 3. The Kier molecular flexibility index (Phi) is 26.9. The van der Waals surface area contributed by atoms with Gasteiger partial charge in [-0.3, -0.25) is 27.3 Å². The Labute approximate surface area is 579 Å². The molecule has 552 valence electrons. The van der Waals surface area contributed by atoms with Crippen LogP contribution in [-0.4, -0.2) is 201 Å². The van der Waals surface area contributed by atoms with Crippen molar-refractivity contribution in [1.82, 2.24) is 58.6 Å². The van der Waals surface area contributed by atoms with Crippen molar-refractivity contribution in [3.05, 3.63) is 38.0 Å². The third-order valence-corrected chi connectivity index (χ3v) is 17.9. The van der Waals surface area contributed by atoms with Crippen LogP contribution in [0.1, 0.15) is 163 Å². The molecule has 3 aliphatic heterocycles. The number of hydrogen-bond acceptors (Lipinski definition) is 28. The number of fused-ring (bicyclic) bond motifs is 3. The topological polar surface area (TPSA) is 396 Å². The Morgan fingerprint density at radius 1 is 0.439 bits per heavy atom. The summed E-state index contributed by atoms with van der Waals surface area (Å²) in [6.07, 6.45) is 4.13. The minimum absolute atomic E-state index is 0.0553. The van der Waals surface area contributed by atoms with Crippen LogP contribution in [0.3, 0.4) is 0 Å². The summed E-state index contributed by atoms with van der Waals surface area (Å²) in [6.45, 7) is 34.1. The fourth-order valence-electron chi connectivity index (χ4n) is 11.5. The van der Waals surface area contributed by atoms with Crippen LogP contribution in [0, 0.1) is 16.2 Å². The quantitative estimate of drug-likeness (QED) is 0.0263. The molecule has 8 N–H and O–H groups in total.